The molecule has 15 heavy (non-hydrogen) atoms. The van der Waals surface area contributed by atoms with E-state index in [0.29, 0.717) is 5.88 Å². The highest BCUT2D eigenvalue weighted by Gasteiger charge is 2.21. The molecule has 0 bridgehead atoms. The highest BCUT2D eigenvalue weighted by molar-refractivity contribution is 6.32. The smallest absolute Gasteiger partial charge is 0.0509 e. The van der Waals surface area contributed by atoms with Crippen molar-refractivity contribution in [3.8, 4) is 0 Å². The molecule has 0 radical (unpaired) electrons. The van der Waals surface area contributed by atoms with Crippen LogP contribution in [0.5, 0.6) is 0 Å². The largest absolute Gasteiger partial charge is 0.371 e. The van der Waals surface area contributed by atoms with Crippen LogP contribution in [0.25, 0.3) is 0 Å². The minimum Gasteiger partial charge on any atom is -0.371 e. The molecule has 0 amide bonds. The predicted octanol–water partition coefficient (Wildman–Crippen LogP) is 3.93. The van der Waals surface area contributed by atoms with E-state index in [0.717, 1.165) is 29.6 Å². The van der Waals surface area contributed by atoms with E-state index in [1.54, 1.807) is 0 Å². The van der Waals surface area contributed by atoms with Gasteiger partial charge in [-0.05, 0) is 24.5 Å². The van der Waals surface area contributed by atoms with Crippen LogP contribution >= 0.6 is 23.2 Å². The van der Waals surface area contributed by atoms with E-state index in [9.17, 15) is 0 Å². The Morgan fingerprint density at radius 1 is 1.47 bits per heavy atom. The maximum Gasteiger partial charge on any atom is 0.0509 e. The summed E-state index contributed by atoms with van der Waals surface area (Å²) in [6, 6.07) is 6.01. The molecular weight excluding hydrogens is 229 g/mol. The zero-order valence-electron chi connectivity index (χ0n) is 8.84. The molecule has 3 heteroatoms. The Morgan fingerprint density at radius 2 is 2.27 bits per heavy atom. The lowest BCUT2D eigenvalue weighted by molar-refractivity contribution is 0.659. The second-order valence-electron chi connectivity index (χ2n) is 4.21. The maximum atomic E-state index is 6.13. The van der Waals surface area contributed by atoms with Gasteiger partial charge in [-0.1, -0.05) is 24.6 Å². The molecular formula is C12H15Cl2N. The van der Waals surface area contributed by atoms with Crippen molar-refractivity contribution in [2.24, 2.45) is 5.92 Å². The molecule has 1 saturated heterocycles. The summed E-state index contributed by atoms with van der Waals surface area (Å²) >= 11 is 12.1. The number of rotatable bonds is 2. The first-order chi connectivity index (χ1) is 7.22. The monoisotopic (exact) mass is 243 g/mol. The lowest BCUT2D eigenvalue weighted by Gasteiger charge is -2.21. The van der Waals surface area contributed by atoms with Crippen molar-refractivity contribution in [1.29, 1.82) is 0 Å². The zero-order valence-corrected chi connectivity index (χ0v) is 10.4. The standard InChI is InChI=1S/C12H15Cl2N/c1-9-5-6-15(8-9)12-4-2-3-11(14)10(12)7-13/h2-4,9H,5-8H2,1H3. The number of alkyl halides is 1. The summed E-state index contributed by atoms with van der Waals surface area (Å²) in [5, 5.41) is 0.780. The number of benzene rings is 1. The van der Waals surface area contributed by atoms with Crippen molar-refractivity contribution >= 4 is 28.9 Å². The van der Waals surface area contributed by atoms with Crippen LogP contribution in [0, 0.1) is 5.92 Å². The minimum absolute atomic E-state index is 0.486. The third-order valence-electron chi connectivity index (χ3n) is 2.99. The van der Waals surface area contributed by atoms with Gasteiger partial charge in [0.15, 0.2) is 0 Å². The van der Waals surface area contributed by atoms with Gasteiger partial charge in [0.2, 0.25) is 0 Å². The van der Waals surface area contributed by atoms with E-state index in [4.69, 9.17) is 23.2 Å². The van der Waals surface area contributed by atoms with Gasteiger partial charge in [-0.15, -0.1) is 11.6 Å². The molecule has 1 heterocycles. The SMILES string of the molecule is CC1CCN(c2cccc(Cl)c2CCl)C1. The fraction of sp³-hybridized carbons (Fsp3) is 0.500. The quantitative estimate of drug-likeness (QED) is 0.712. The van der Waals surface area contributed by atoms with Gasteiger partial charge in [-0.2, -0.15) is 0 Å². The molecule has 0 saturated carbocycles. The van der Waals surface area contributed by atoms with Gasteiger partial charge in [0.1, 0.15) is 0 Å². The van der Waals surface area contributed by atoms with Crippen molar-refractivity contribution in [1.82, 2.24) is 0 Å². The molecule has 1 aromatic rings. The lowest BCUT2D eigenvalue weighted by Crippen LogP contribution is -2.20. The first-order valence-electron chi connectivity index (χ1n) is 5.30. The summed E-state index contributed by atoms with van der Waals surface area (Å²) in [6.45, 7) is 4.51. The van der Waals surface area contributed by atoms with Gasteiger partial charge in [0, 0.05) is 29.4 Å². The van der Waals surface area contributed by atoms with E-state index < -0.39 is 0 Å². The fourth-order valence-corrected chi connectivity index (χ4v) is 2.72. The molecule has 0 N–H and O–H groups in total. The van der Waals surface area contributed by atoms with Crippen molar-refractivity contribution in [3.05, 3.63) is 28.8 Å². The Kier molecular flexibility index (Phi) is 3.42. The average molecular weight is 244 g/mol. The Labute approximate surface area is 101 Å². The molecule has 2 rings (SSSR count). The third kappa shape index (κ3) is 2.24. The third-order valence-corrected chi connectivity index (χ3v) is 3.61. The lowest BCUT2D eigenvalue weighted by atomic mass is 10.1. The van der Waals surface area contributed by atoms with Crippen molar-refractivity contribution in [2.75, 3.05) is 18.0 Å². The summed E-state index contributed by atoms with van der Waals surface area (Å²) in [5.41, 5.74) is 2.27. The van der Waals surface area contributed by atoms with E-state index in [-0.39, 0.29) is 0 Å². The maximum absolute atomic E-state index is 6.13. The summed E-state index contributed by atoms with van der Waals surface area (Å²) in [7, 11) is 0. The number of nitrogens with zero attached hydrogens (tertiary/aromatic N) is 1. The molecule has 0 spiro atoms. The van der Waals surface area contributed by atoms with Gasteiger partial charge in [0.25, 0.3) is 0 Å². The Hall–Kier alpha value is -0.400. The zero-order chi connectivity index (χ0) is 10.8. The van der Waals surface area contributed by atoms with E-state index >= 15 is 0 Å². The molecule has 1 aromatic carbocycles. The normalized spacial score (nSPS) is 21.0. The van der Waals surface area contributed by atoms with E-state index in [1.807, 2.05) is 12.1 Å². The Bertz CT molecular complexity index is 351. The van der Waals surface area contributed by atoms with Crippen LogP contribution in [-0.4, -0.2) is 13.1 Å². The minimum atomic E-state index is 0.486. The summed E-state index contributed by atoms with van der Waals surface area (Å²) in [4.78, 5) is 2.38. The molecule has 1 aliphatic rings. The molecule has 1 fully saturated rings. The first-order valence-corrected chi connectivity index (χ1v) is 6.22. The van der Waals surface area contributed by atoms with Crippen LogP contribution in [0.4, 0.5) is 5.69 Å². The van der Waals surface area contributed by atoms with Gasteiger partial charge >= 0.3 is 0 Å². The Balaban J connectivity index is 2.31. The predicted molar refractivity (Wildman–Crippen MR) is 67.0 cm³/mol. The highest BCUT2D eigenvalue weighted by atomic mass is 35.5. The van der Waals surface area contributed by atoms with Crippen molar-refractivity contribution in [3.63, 3.8) is 0 Å². The molecule has 1 aliphatic heterocycles. The Morgan fingerprint density at radius 3 is 2.87 bits per heavy atom. The number of hydrogen-bond donors (Lipinski definition) is 0. The molecule has 0 aliphatic carbocycles. The van der Waals surface area contributed by atoms with Crippen LogP contribution in [0.15, 0.2) is 18.2 Å². The first kappa shape index (κ1) is 11.1. The molecule has 1 atom stereocenters. The van der Waals surface area contributed by atoms with Gasteiger partial charge in [0.05, 0.1) is 5.88 Å². The topological polar surface area (TPSA) is 3.24 Å². The van der Waals surface area contributed by atoms with Crippen LogP contribution < -0.4 is 4.90 Å². The molecule has 0 aromatic heterocycles. The number of hydrogen-bond acceptors (Lipinski definition) is 1. The summed E-state index contributed by atoms with van der Waals surface area (Å²) in [5.74, 6) is 1.26. The highest BCUT2D eigenvalue weighted by Crippen LogP contribution is 2.32. The van der Waals surface area contributed by atoms with E-state index in [1.165, 1.54) is 12.1 Å². The van der Waals surface area contributed by atoms with Crippen LogP contribution in [0.1, 0.15) is 18.9 Å². The van der Waals surface area contributed by atoms with Crippen molar-refractivity contribution < 1.29 is 0 Å². The number of anilines is 1. The van der Waals surface area contributed by atoms with Crippen LogP contribution in [0.2, 0.25) is 5.02 Å². The van der Waals surface area contributed by atoms with Crippen LogP contribution in [-0.2, 0) is 5.88 Å². The van der Waals surface area contributed by atoms with Gasteiger partial charge in [-0.25, -0.2) is 0 Å². The second-order valence-corrected chi connectivity index (χ2v) is 4.89. The number of halogens is 2. The van der Waals surface area contributed by atoms with Crippen molar-refractivity contribution in [2.45, 2.75) is 19.2 Å². The second kappa shape index (κ2) is 4.63. The van der Waals surface area contributed by atoms with Crippen LogP contribution in [0.3, 0.4) is 0 Å². The van der Waals surface area contributed by atoms with Gasteiger partial charge < -0.3 is 4.90 Å². The molecule has 1 nitrogen and oxygen atoms in total. The van der Waals surface area contributed by atoms with Gasteiger partial charge in [-0.3, -0.25) is 0 Å². The summed E-state index contributed by atoms with van der Waals surface area (Å²) < 4.78 is 0. The molecule has 82 valence electrons. The summed E-state index contributed by atoms with van der Waals surface area (Å²) in [6.07, 6.45) is 1.26. The molecule has 1 unspecified atom stereocenters. The average Bonchev–Trinajstić information content (AvgIpc) is 2.64. The fourth-order valence-electron chi connectivity index (χ4n) is 2.13. The van der Waals surface area contributed by atoms with E-state index in [2.05, 4.69) is 17.9 Å².